The molecule has 3 amide bonds. The smallest absolute Gasteiger partial charge is 0.276 e. The molecule has 16 nitrogen and oxygen atoms in total. The van der Waals surface area contributed by atoms with Crippen LogP contribution in [-0.4, -0.2) is 115 Å². The highest BCUT2D eigenvalue weighted by molar-refractivity contribution is 7.98. The maximum atomic E-state index is 13.7. The zero-order chi connectivity index (χ0) is 39.1. The third kappa shape index (κ3) is 8.74. The van der Waals surface area contributed by atoms with E-state index in [0.29, 0.717) is 71.3 Å². The van der Waals surface area contributed by atoms with Gasteiger partial charge >= 0.3 is 0 Å². The lowest BCUT2D eigenvalue weighted by Crippen LogP contribution is -2.46. The molecule has 2 aromatic carbocycles. The van der Waals surface area contributed by atoms with Crippen molar-refractivity contribution in [2.45, 2.75) is 51.7 Å². The van der Waals surface area contributed by atoms with Crippen LogP contribution >= 0.6 is 11.8 Å². The van der Waals surface area contributed by atoms with Crippen molar-refractivity contribution < 1.29 is 23.9 Å². The van der Waals surface area contributed by atoms with Gasteiger partial charge in [-0.3, -0.25) is 34.5 Å². The molecule has 0 unspecified atom stereocenters. The van der Waals surface area contributed by atoms with E-state index in [9.17, 15) is 19.2 Å². The summed E-state index contributed by atoms with van der Waals surface area (Å²) in [6.07, 6.45) is 7.84. The highest BCUT2D eigenvalue weighted by atomic mass is 32.2. The summed E-state index contributed by atoms with van der Waals surface area (Å²) in [5.74, 6) is -0.0168. The number of aryl methyl sites for hydroxylation is 2. The van der Waals surface area contributed by atoms with Crippen LogP contribution in [0, 0.1) is 6.92 Å². The molecule has 1 aliphatic heterocycles. The number of benzene rings is 2. The van der Waals surface area contributed by atoms with Crippen LogP contribution in [0.4, 0.5) is 11.9 Å². The summed E-state index contributed by atoms with van der Waals surface area (Å²) in [6.45, 7) is 13.4. The number of aldehydes is 1. The number of thioether (sulfide) groups is 1. The number of ether oxygens (including phenoxy) is 1. The predicted molar refractivity (Wildman–Crippen MR) is 213 cm³/mol. The van der Waals surface area contributed by atoms with E-state index in [-0.39, 0.29) is 18.1 Å². The van der Waals surface area contributed by atoms with Crippen molar-refractivity contribution in [3.8, 4) is 5.75 Å². The van der Waals surface area contributed by atoms with Gasteiger partial charge < -0.3 is 29.4 Å². The van der Waals surface area contributed by atoms with Crippen molar-refractivity contribution in [3.63, 3.8) is 0 Å². The fourth-order valence-electron chi connectivity index (χ4n) is 6.86. The van der Waals surface area contributed by atoms with Gasteiger partial charge in [-0.2, -0.15) is 5.10 Å². The number of aromatic nitrogens is 6. The second-order valence-corrected chi connectivity index (χ2v) is 14.0. The number of nitrogens with two attached hydrogens (primary N) is 1. The average molecular weight is 770 g/mol. The fraction of sp³-hybridized carbons (Fsp3) is 0.395. The minimum absolute atomic E-state index is 0.237. The van der Waals surface area contributed by atoms with Crippen LogP contribution in [0.15, 0.2) is 47.4 Å². The number of hydrogen-bond acceptors (Lipinski definition) is 11. The Bertz CT molecular complexity index is 2230. The first-order chi connectivity index (χ1) is 26.7. The van der Waals surface area contributed by atoms with Crippen molar-refractivity contribution in [1.29, 1.82) is 0 Å². The van der Waals surface area contributed by atoms with Gasteiger partial charge in [0.15, 0.2) is 0 Å². The Kier molecular flexibility index (Phi) is 12.6. The first-order valence-corrected chi connectivity index (χ1v) is 19.6. The molecule has 3 aromatic heterocycles. The van der Waals surface area contributed by atoms with Gasteiger partial charge in [0.05, 0.1) is 28.9 Å². The van der Waals surface area contributed by atoms with Gasteiger partial charge in [-0.05, 0) is 63.4 Å². The molecule has 4 heterocycles. The number of carbonyl (C=O) groups is 4. The Morgan fingerprint density at radius 3 is 2.25 bits per heavy atom. The number of likely N-dealkylation sites (N-methyl/N-ethyl adjacent to an activating group) is 1. The standard InChI is InChI=1S/C38H47N11O5S/c1-5-45-13-15-46(16-14-45)10-9-17-54-31-22-27(35(39)52)21-29-33(31)47(38(42-29)43-36(53)30-18-25(3)44-49(30)6-2)11-7-8-12-48-34-28(41-37(48)40-24-51)19-26(23-50)20-32(34)55-4/h7-8,18-24H,5-6,9-17H2,1-4H3,(H2,39,52)(H,40,41,51)(H,42,43,53)/b8-7+. The van der Waals surface area contributed by atoms with Crippen molar-refractivity contribution in [2.75, 3.05) is 62.8 Å². The van der Waals surface area contributed by atoms with Crippen LogP contribution < -0.4 is 21.1 Å². The Morgan fingerprint density at radius 2 is 1.60 bits per heavy atom. The number of rotatable bonds is 18. The molecule has 0 bridgehead atoms. The van der Waals surface area contributed by atoms with E-state index in [1.807, 2.05) is 41.4 Å². The van der Waals surface area contributed by atoms with Gasteiger partial charge in [0.2, 0.25) is 24.2 Å². The van der Waals surface area contributed by atoms with Crippen molar-refractivity contribution in [1.82, 2.24) is 38.7 Å². The summed E-state index contributed by atoms with van der Waals surface area (Å²) in [7, 11) is 0. The Hall–Kier alpha value is -5.52. The summed E-state index contributed by atoms with van der Waals surface area (Å²) in [5, 5.41) is 10.1. The Labute approximate surface area is 323 Å². The lowest BCUT2D eigenvalue weighted by molar-refractivity contribution is -0.105. The van der Waals surface area contributed by atoms with E-state index in [4.69, 9.17) is 15.5 Å². The molecule has 1 saturated heterocycles. The molecule has 55 heavy (non-hydrogen) atoms. The van der Waals surface area contributed by atoms with E-state index < -0.39 is 11.8 Å². The van der Waals surface area contributed by atoms with Crippen molar-refractivity contribution in [2.24, 2.45) is 5.73 Å². The van der Waals surface area contributed by atoms with Crippen LogP contribution in [0.1, 0.15) is 57.2 Å². The van der Waals surface area contributed by atoms with E-state index in [2.05, 4.69) is 37.4 Å². The second-order valence-electron chi connectivity index (χ2n) is 13.2. The molecule has 0 aliphatic carbocycles. The summed E-state index contributed by atoms with van der Waals surface area (Å²) in [4.78, 5) is 64.3. The maximum absolute atomic E-state index is 13.7. The van der Waals surface area contributed by atoms with Crippen LogP contribution in [0.3, 0.4) is 0 Å². The number of anilines is 2. The second kappa shape index (κ2) is 17.7. The third-order valence-corrected chi connectivity index (χ3v) is 10.4. The van der Waals surface area contributed by atoms with Crippen LogP contribution in [0.2, 0.25) is 0 Å². The minimum Gasteiger partial charge on any atom is -0.491 e. The quantitative estimate of drug-likeness (QED) is 0.0506. The molecule has 290 valence electrons. The number of carbonyl (C=O) groups excluding carboxylic acids is 4. The number of nitrogens with one attached hydrogen (secondary N) is 2. The van der Waals surface area contributed by atoms with E-state index in [1.165, 1.54) is 11.8 Å². The highest BCUT2D eigenvalue weighted by Crippen LogP contribution is 2.33. The molecule has 4 N–H and O–H groups in total. The lowest BCUT2D eigenvalue weighted by Gasteiger charge is -2.33. The molecule has 1 aliphatic rings. The molecule has 17 heteroatoms. The summed E-state index contributed by atoms with van der Waals surface area (Å²) in [5.41, 5.74) is 9.94. The molecular weight excluding hydrogens is 723 g/mol. The fourth-order valence-corrected chi connectivity index (χ4v) is 7.53. The Morgan fingerprint density at radius 1 is 0.909 bits per heavy atom. The van der Waals surface area contributed by atoms with Gasteiger partial charge in [-0.25, -0.2) is 9.97 Å². The van der Waals surface area contributed by atoms with E-state index in [0.717, 1.165) is 62.4 Å². The number of amides is 3. The topological polar surface area (TPSA) is 188 Å². The summed E-state index contributed by atoms with van der Waals surface area (Å²) >= 11 is 1.47. The van der Waals surface area contributed by atoms with Gasteiger partial charge in [0, 0.05) is 68.4 Å². The first-order valence-electron chi connectivity index (χ1n) is 18.3. The number of imidazole rings is 2. The molecule has 0 radical (unpaired) electrons. The number of fused-ring (bicyclic) bond motifs is 2. The van der Waals surface area contributed by atoms with Crippen molar-refractivity contribution in [3.05, 3.63) is 65.0 Å². The molecule has 1 fully saturated rings. The van der Waals surface area contributed by atoms with E-state index in [1.54, 1.807) is 35.0 Å². The molecule has 0 saturated carbocycles. The van der Waals surface area contributed by atoms with Crippen LogP contribution in [-0.2, 0) is 24.4 Å². The van der Waals surface area contributed by atoms with Crippen molar-refractivity contribution >= 4 is 70.2 Å². The van der Waals surface area contributed by atoms with Gasteiger partial charge in [-0.15, -0.1) is 11.8 Å². The van der Waals surface area contributed by atoms with Crippen LogP contribution in [0.25, 0.3) is 22.1 Å². The highest BCUT2D eigenvalue weighted by Gasteiger charge is 2.22. The summed E-state index contributed by atoms with van der Waals surface area (Å²) in [6, 6.07) is 8.42. The SMILES string of the molecule is CCN1CCN(CCCOc2cc(C(N)=O)cc3nc(NC(=O)c4cc(C)nn4CC)n(C/C=C/Cn4c(NC=O)nc5cc(C=O)cc(SC)c54)c23)CC1. The zero-order valence-corrected chi connectivity index (χ0v) is 32.4. The molecule has 0 atom stereocenters. The van der Waals surface area contributed by atoms with E-state index >= 15 is 0 Å². The third-order valence-electron chi connectivity index (χ3n) is 9.66. The number of primary amides is 1. The molecule has 0 spiro atoms. The minimum atomic E-state index is -0.625. The monoisotopic (exact) mass is 769 g/mol. The van der Waals surface area contributed by atoms with Gasteiger partial charge in [-0.1, -0.05) is 19.1 Å². The average Bonchev–Trinajstić information content (AvgIpc) is 3.86. The van der Waals surface area contributed by atoms with Gasteiger partial charge in [0.1, 0.15) is 23.2 Å². The first kappa shape index (κ1) is 39.2. The molecule has 5 aromatic rings. The van der Waals surface area contributed by atoms with Crippen LogP contribution in [0.5, 0.6) is 5.75 Å². The molecular formula is C38H47N11O5S. The largest absolute Gasteiger partial charge is 0.491 e. The molecule has 6 rings (SSSR count). The number of piperazine rings is 1. The zero-order valence-electron chi connectivity index (χ0n) is 31.6. The number of hydrogen-bond donors (Lipinski definition) is 3. The lowest BCUT2D eigenvalue weighted by atomic mass is 10.1. The summed E-state index contributed by atoms with van der Waals surface area (Å²) < 4.78 is 11.7. The predicted octanol–water partition coefficient (Wildman–Crippen LogP) is 4.03. The number of nitrogens with zero attached hydrogens (tertiary/aromatic N) is 8. The number of allylic oxidation sites excluding steroid dienone is 2. The Balaban J connectivity index is 1.33. The normalized spacial score (nSPS) is 13.9. The maximum Gasteiger partial charge on any atom is 0.276 e. The van der Waals surface area contributed by atoms with Gasteiger partial charge in [0.25, 0.3) is 5.91 Å².